The molecule has 0 atom stereocenters. The highest BCUT2D eigenvalue weighted by Gasteiger charge is 2.23. The van der Waals surface area contributed by atoms with Crippen molar-refractivity contribution in [3.63, 3.8) is 0 Å². The first-order valence-electron chi connectivity index (χ1n) is 8.53. The Labute approximate surface area is 149 Å². The minimum absolute atomic E-state index is 0.341. The molecule has 0 amide bonds. The van der Waals surface area contributed by atoms with Gasteiger partial charge in [0.1, 0.15) is 5.82 Å². The van der Waals surface area contributed by atoms with E-state index in [-0.39, 0.29) is 0 Å². The van der Waals surface area contributed by atoms with Gasteiger partial charge in [-0.15, -0.1) is 0 Å². The van der Waals surface area contributed by atoms with E-state index in [0.717, 1.165) is 42.9 Å². The number of nitrogens with one attached hydrogen (secondary N) is 1. The molecule has 0 radical (unpaired) electrons. The van der Waals surface area contributed by atoms with Crippen molar-refractivity contribution in [1.82, 2.24) is 14.7 Å². The molecule has 0 bridgehead atoms. The van der Waals surface area contributed by atoms with Gasteiger partial charge in [-0.05, 0) is 44.2 Å². The van der Waals surface area contributed by atoms with Crippen molar-refractivity contribution in [1.29, 1.82) is 0 Å². The average Bonchev–Trinajstić information content (AvgIpc) is 2.61. The third-order valence-electron chi connectivity index (χ3n) is 4.67. The Balaban J connectivity index is 1.56. The Kier molecular flexibility index (Phi) is 5.34. The van der Waals surface area contributed by atoms with Crippen LogP contribution in [-0.2, 0) is 10.0 Å². The summed E-state index contributed by atoms with van der Waals surface area (Å²) in [5, 5.41) is 0. The molecular weight excluding hydrogens is 336 g/mol. The molecule has 0 unspecified atom stereocenters. The van der Waals surface area contributed by atoms with Crippen LogP contribution in [0.4, 0.5) is 5.82 Å². The minimum Gasteiger partial charge on any atom is -0.355 e. The van der Waals surface area contributed by atoms with Crippen molar-refractivity contribution in [2.75, 3.05) is 24.5 Å². The van der Waals surface area contributed by atoms with E-state index in [4.69, 9.17) is 0 Å². The van der Waals surface area contributed by atoms with Crippen molar-refractivity contribution in [3.8, 4) is 0 Å². The van der Waals surface area contributed by atoms with Crippen LogP contribution in [0, 0.1) is 19.8 Å². The van der Waals surface area contributed by atoms with Gasteiger partial charge < -0.3 is 4.90 Å². The second kappa shape index (κ2) is 7.49. The monoisotopic (exact) mass is 360 g/mol. The topological polar surface area (TPSA) is 75.2 Å². The predicted molar refractivity (Wildman–Crippen MR) is 98.1 cm³/mol. The molecule has 1 aliphatic heterocycles. The van der Waals surface area contributed by atoms with Gasteiger partial charge in [0.2, 0.25) is 10.0 Å². The highest BCUT2D eigenvalue weighted by molar-refractivity contribution is 7.89. The van der Waals surface area contributed by atoms with Gasteiger partial charge in [-0.2, -0.15) is 0 Å². The molecule has 2 heterocycles. The molecule has 1 fully saturated rings. The highest BCUT2D eigenvalue weighted by Crippen LogP contribution is 2.22. The predicted octanol–water partition coefficient (Wildman–Crippen LogP) is 2.29. The number of anilines is 1. The Morgan fingerprint density at radius 3 is 2.60 bits per heavy atom. The Morgan fingerprint density at radius 2 is 1.96 bits per heavy atom. The Morgan fingerprint density at radius 1 is 1.20 bits per heavy atom. The molecule has 3 rings (SSSR count). The standard InChI is InChI=1S/C18H24N4O2S/c1-14-3-4-17(15(2)11-14)25(23,24)21-12-16-5-9-22(10-6-16)18-13-19-7-8-20-18/h3-4,7-8,11,13,16,21H,5-6,9-10,12H2,1-2H3. The molecule has 0 spiro atoms. The SMILES string of the molecule is Cc1ccc(S(=O)(=O)NCC2CCN(c3cnccn3)CC2)c(C)c1. The normalized spacial score (nSPS) is 16.2. The zero-order valence-electron chi connectivity index (χ0n) is 14.6. The first kappa shape index (κ1) is 17.8. The molecule has 6 nitrogen and oxygen atoms in total. The lowest BCUT2D eigenvalue weighted by Crippen LogP contribution is -2.39. The molecular formula is C18H24N4O2S. The zero-order chi connectivity index (χ0) is 17.9. The van der Waals surface area contributed by atoms with E-state index in [2.05, 4.69) is 19.6 Å². The molecule has 1 aromatic carbocycles. The van der Waals surface area contributed by atoms with Crippen molar-refractivity contribution in [2.24, 2.45) is 5.92 Å². The summed E-state index contributed by atoms with van der Waals surface area (Å²) < 4.78 is 27.9. The maximum absolute atomic E-state index is 12.6. The molecule has 1 aliphatic rings. The Hall–Kier alpha value is -1.99. The molecule has 1 saturated heterocycles. The summed E-state index contributed by atoms with van der Waals surface area (Å²) in [6, 6.07) is 5.42. The van der Waals surface area contributed by atoms with E-state index < -0.39 is 10.0 Å². The lowest BCUT2D eigenvalue weighted by Gasteiger charge is -2.32. The van der Waals surface area contributed by atoms with E-state index >= 15 is 0 Å². The molecule has 134 valence electrons. The fraction of sp³-hybridized carbons (Fsp3) is 0.444. The lowest BCUT2D eigenvalue weighted by atomic mass is 9.97. The number of nitrogens with zero attached hydrogens (tertiary/aromatic N) is 3. The minimum atomic E-state index is -3.46. The number of sulfonamides is 1. The summed E-state index contributed by atoms with van der Waals surface area (Å²) >= 11 is 0. The average molecular weight is 360 g/mol. The summed E-state index contributed by atoms with van der Waals surface area (Å²) in [6.45, 7) is 6.01. The smallest absolute Gasteiger partial charge is 0.240 e. The number of hydrogen-bond acceptors (Lipinski definition) is 5. The lowest BCUT2D eigenvalue weighted by molar-refractivity contribution is 0.400. The van der Waals surface area contributed by atoms with Crippen molar-refractivity contribution < 1.29 is 8.42 Å². The third-order valence-corrected chi connectivity index (χ3v) is 6.25. The van der Waals surface area contributed by atoms with Crippen LogP contribution in [0.3, 0.4) is 0 Å². The van der Waals surface area contributed by atoms with Gasteiger partial charge in [-0.25, -0.2) is 18.1 Å². The number of aromatic nitrogens is 2. The van der Waals surface area contributed by atoms with E-state index in [9.17, 15) is 8.42 Å². The van der Waals surface area contributed by atoms with E-state index in [1.165, 1.54) is 0 Å². The maximum Gasteiger partial charge on any atom is 0.240 e. The maximum atomic E-state index is 12.6. The van der Waals surface area contributed by atoms with Gasteiger partial charge in [0.05, 0.1) is 11.1 Å². The molecule has 0 saturated carbocycles. The summed E-state index contributed by atoms with van der Waals surface area (Å²) in [5.41, 5.74) is 1.85. The van der Waals surface area contributed by atoms with Crippen LogP contribution < -0.4 is 9.62 Å². The molecule has 7 heteroatoms. The quantitative estimate of drug-likeness (QED) is 0.885. The highest BCUT2D eigenvalue weighted by atomic mass is 32.2. The van der Waals surface area contributed by atoms with Gasteiger partial charge in [-0.3, -0.25) is 4.98 Å². The fourth-order valence-electron chi connectivity index (χ4n) is 3.23. The summed E-state index contributed by atoms with van der Waals surface area (Å²) in [5.74, 6) is 1.23. The second-order valence-electron chi connectivity index (χ2n) is 6.61. The number of benzene rings is 1. The van der Waals surface area contributed by atoms with Crippen LogP contribution in [0.5, 0.6) is 0 Å². The van der Waals surface area contributed by atoms with Gasteiger partial charge in [0, 0.05) is 32.0 Å². The van der Waals surface area contributed by atoms with Gasteiger partial charge in [0.15, 0.2) is 0 Å². The number of rotatable bonds is 5. The van der Waals surface area contributed by atoms with Crippen molar-refractivity contribution in [3.05, 3.63) is 47.9 Å². The molecule has 0 aliphatic carbocycles. The second-order valence-corrected chi connectivity index (χ2v) is 8.35. The van der Waals surface area contributed by atoms with Crippen molar-refractivity contribution >= 4 is 15.8 Å². The third kappa shape index (κ3) is 4.35. The van der Waals surface area contributed by atoms with Gasteiger partial charge >= 0.3 is 0 Å². The summed E-state index contributed by atoms with van der Waals surface area (Å²) in [6.07, 6.45) is 7.00. The molecule has 1 N–H and O–H groups in total. The first-order chi connectivity index (χ1) is 12.0. The summed E-state index contributed by atoms with van der Waals surface area (Å²) in [4.78, 5) is 11.0. The Bertz CT molecular complexity index is 816. The van der Waals surface area contributed by atoms with Gasteiger partial charge in [-0.1, -0.05) is 17.7 Å². The number of piperidine rings is 1. The number of aryl methyl sites for hydroxylation is 2. The van der Waals surface area contributed by atoms with Crippen LogP contribution in [0.25, 0.3) is 0 Å². The van der Waals surface area contributed by atoms with Crippen LogP contribution >= 0.6 is 0 Å². The fourth-order valence-corrected chi connectivity index (χ4v) is 4.57. The molecule has 2 aromatic rings. The van der Waals surface area contributed by atoms with E-state index in [1.807, 2.05) is 26.0 Å². The van der Waals surface area contributed by atoms with Crippen LogP contribution in [-0.4, -0.2) is 38.0 Å². The summed E-state index contributed by atoms with van der Waals surface area (Å²) in [7, 11) is -3.46. The van der Waals surface area contributed by atoms with Gasteiger partial charge in [0.25, 0.3) is 0 Å². The van der Waals surface area contributed by atoms with Crippen molar-refractivity contribution in [2.45, 2.75) is 31.6 Å². The van der Waals surface area contributed by atoms with Crippen LogP contribution in [0.1, 0.15) is 24.0 Å². The van der Waals surface area contributed by atoms with Crippen LogP contribution in [0.15, 0.2) is 41.7 Å². The van der Waals surface area contributed by atoms with Crippen LogP contribution in [0.2, 0.25) is 0 Å². The van der Waals surface area contributed by atoms with E-state index in [1.54, 1.807) is 24.7 Å². The van der Waals surface area contributed by atoms with E-state index in [0.29, 0.717) is 17.4 Å². The molecule has 25 heavy (non-hydrogen) atoms. The first-order valence-corrected chi connectivity index (χ1v) is 10.0. The molecule has 1 aromatic heterocycles. The zero-order valence-corrected chi connectivity index (χ0v) is 15.5. The largest absolute Gasteiger partial charge is 0.355 e. The number of hydrogen-bond donors (Lipinski definition) is 1.